The van der Waals surface area contributed by atoms with E-state index in [2.05, 4.69) is 45.7 Å². The van der Waals surface area contributed by atoms with Crippen LogP contribution < -0.4 is 21.1 Å². The highest BCUT2D eigenvalue weighted by Crippen LogP contribution is 2.27. The van der Waals surface area contributed by atoms with E-state index in [-0.39, 0.29) is 5.56 Å². The Balaban J connectivity index is 1.83. The number of primary amides is 1. The van der Waals surface area contributed by atoms with Crippen LogP contribution in [0.15, 0.2) is 42.7 Å². The summed E-state index contributed by atoms with van der Waals surface area (Å²) in [5.41, 5.74) is 8.72. The number of aromatic amines is 1. The van der Waals surface area contributed by atoms with Gasteiger partial charge in [0.1, 0.15) is 17.1 Å². The second-order valence-corrected chi connectivity index (χ2v) is 6.63. The molecule has 0 spiro atoms. The largest absolute Gasteiger partial charge is 0.496 e. The van der Waals surface area contributed by atoms with Crippen molar-refractivity contribution in [2.75, 3.05) is 17.7 Å². The molecule has 0 unspecified atom stereocenters. The number of amides is 1. The number of hydrogen-bond donors (Lipinski definition) is 4. The molecule has 28 heavy (non-hydrogen) atoms. The van der Waals surface area contributed by atoms with Gasteiger partial charge in [-0.05, 0) is 29.7 Å². The van der Waals surface area contributed by atoms with Crippen molar-refractivity contribution in [2.24, 2.45) is 5.73 Å². The van der Waals surface area contributed by atoms with E-state index in [4.69, 9.17) is 10.5 Å². The van der Waals surface area contributed by atoms with Crippen LogP contribution in [0.25, 0.3) is 0 Å². The summed E-state index contributed by atoms with van der Waals surface area (Å²) in [5.74, 6) is 1.35. The molecule has 2 aromatic heterocycles. The van der Waals surface area contributed by atoms with Gasteiger partial charge in [-0.15, -0.1) is 0 Å². The third-order valence-electron chi connectivity index (χ3n) is 4.36. The highest BCUT2D eigenvalue weighted by Gasteiger charge is 2.19. The van der Waals surface area contributed by atoms with Gasteiger partial charge in [0.25, 0.3) is 5.91 Å². The van der Waals surface area contributed by atoms with E-state index >= 15 is 0 Å². The molecule has 1 aromatic carbocycles. The molecule has 0 aliphatic heterocycles. The van der Waals surface area contributed by atoms with Gasteiger partial charge in [0.15, 0.2) is 5.82 Å². The van der Waals surface area contributed by atoms with Gasteiger partial charge < -0.3 is 21.1 Å². The second kappa shape index (κ2) is 8.43. The SMILES string of the molecule is COc1ccc(C(C)C)cc1CNc1n[nH]c(Nc2cccnc2)c1C(N)=O. The topological polar surface area (TPSA) is 118 Å². The van der Waals surface area contributed by atoms with Crippen LogP contribution in [0, 0.1) is 0 Å². The fourth-order valence-electron chi connectivity index (χ4n) is 2.86. The van der Waals surface area contributed by atoms with Crippen LogP contribution in [0.3, 0.4) is 0 Å². The average Bonchev–Trinajstić information content (AvgIpc) is 3.09. The first kappa shape index (κ1) is 19.2. The molecule has 2 heterocycles. The Hall–Kier alpha value is -3.55. The minimum Gasteiger partial charge on any atom is -0.496 e. The summed E-state index contributed by atoms with van der Waals surface area (Å²) in [6.07, 6.45) is 3.31. The molecule has 0 aliphatic carbocycles. The van der Waals surface area contributed by atoms with Crippen LogP contribution in [0.1, 0.15) is 41.3 Å². The lowest BCUT2D eigenvalue weighted by atomic mass is 10.00. The number of rotatable bonds is 8. The standard InChI is InChI=1S/C20H24N6O2/c1-12(2)13-6-7-16(28-3)14(9-13)10-23-19-17(18(21)27)20(26-25-19)24-15-5-4-8-22-11-15/h4-9,11-12H,10H2,1-3H3,(H2,21,27)(H3,23,24,25,26). The van der Waals surface area contributed by atoms with Crippen molar-refractivity contribution in [1.82, 2.24) is 15.2 Å². The van der Waals surface area contributed by atoms with Gasteiger partial charge in [-0.2, -0.15) is 5.10 Å². The maximum atomic E-state index is 12.0. The van der Waals surface area contributed by atoms with Crippen molar-refractivity contribution in [3.63, 3.8) is 0 Å². The number of methoxy groups -OCH3 is 1. The molecule has 0 atom stereocenters. The summed E-state index contributed by atoms with van der Waals surface area (Å²) in [6, 6.07) is 9.69. The van der Waals surface area contributed by atoms with Crippen molar-refractivity contribution in [3.05, 3.63) is 59.4 Å². The molecule has 146 valence electrons. The summed E-state index contributed by atoms with van der Waals surface area (Å²) in [4.78, 5) is 16.1. The lowest BCUT2D eigenvalue weighted by Gasteiger charge is -2.13. The smallest absolute Gasteiger partial charge is 0.256 e. The summed E-state index contributed by atoms with van der Waals surface area (Å²) >= 11 is 0. The molecule has 8 heteroatoms. The Kier molecular flexibility index (Phi) is 5.78. The zero-order valence-corrected chi connectivity index (χ0v) is 16.1. The number of H-pyrrole nitrogens is 1. The van der Waals surface area contributed by atoms with E-state index in [9.17, 15) is 4.79 Å². The molecule has 5 N–H and O–H groups in total. The van der Waals surface area contributed by atoms with E-state index in [1.165, 1.54) is 5.56 Å². The first-order chi connectivity index (χ1) is 13.5. The number of nitrogens with one attached hydrogen (secondary N) is 3. The molecule has 3 rings (SSSR count). The van der Waals surface area contributed by atoms with E-state index in [0.29, 0.717) is 29.8 Å². The fourth-order valence-corrected chi connectivity index (χ4v) is 2.86. The predicted molar refractivity (Wildman–Crippen MR) is 109 cm³/mol. The molecular weight excluding hydrogens is 356 g/mol. The predicted octanol–water partition coefficient (Wildman–Crippen LogP) is 3.39. The zero-order valence-electron chi connectivity index (χ0n) is 16.1. The van der Waals surface area contributed by atoms with Gasteiger partial charge >= 0.3 is 0 Å². The Morgan fingerprint density at radius 1 is 1.32 bits per heavy atom. The van der Waals surface area contributed by atoms with Crippen LogP contribution in [0.2, 0.25) is 0 Å². The lowest BCUT2D eigenvalue weighted by Crippen LogP contribution is -2.15. The summed E-state index contributed by atoms with van der Waals surface area (Å²) in [7, 11) is 1.63. The first-order valence-corrected chi connectivity index (χ1v) is 8.95. The summed E-state index contributed by atoms with van der Waals surface area (Å²) in [6.45, 7) is 4.70. The molecule has 0 radical (unpaired) electrons. The quantitative estimate of drug-likeness (QED) is 0.476. The number of carbonyl (C=O) groups excluding carboxylic acids is 1. The van der Waals surface area contributed by atoms with Gasteiger partial charge in [-0.3, -0.25) is 14.9 Å². The van der Waals surface area contributed by atoms with E-state index in [1.54, 1.807) is 25.6 Å². The zero-order chi connectivity index (χ0) is 20.1. The van der Waals surface area contributed by atoms with Crippen molar-refractivity contribution in [1.29, 1.82) is 0 Å². The highest BCUT2D eigenvalue weighted by molar-refractivity contribution is 6.03. The van der Waals surface area contributed by atoms with Gasteiger partial charge in [-0.25, -0.2) is 0 Å². The molecular formula is C20H24N6O2. The molecule has 0 bridgehead atoms. The molecule has 1 amide bonds. The fraction of sp³-hybridized carbons (Fsp3) is 0.250. The van der Waals surface area contributed by atoms with E-state index < -0.39 is 5.91 Å². The van der Waals surface area contributed by atoms with Crippen molar-refractivity contribution < 1.29 is 9.53 Å². The monoisotopic (exact) mass is 380 g/mol. The molecule has 0 saturated carbocycles. The minimum absolute atomic E-state index is 0.253. The van der Waals surface area contributed by atoms with Crippen molar-refractivity contribution >= 4 is 23.2 Å². The van der Waals surface area contributed by atoms with Gasteiger partial charge in [0.05, 0.1) is 19.0 Å². The van der Waals surface area contributed by atoms with Gasteiger partial charge in [-0.1, -0.05) is 26.0 Å². The molecule has 3 aromatic rings. The molecule has 0 aliphatic rings. The van der Waals surface area contributed by atoms with Crippen LogP contribution in [0.5, 0.6) is 5.75 Å². The number of aromatic nitrogens is 3. The van der Waals surface area contributed by atoms with Crippen LogP contribution in [-0.4, -0.2) is 28.2 Å². The Labute approximate surface area is 163 Å². The summed E-state index contributed by atoms with van der Waals surface area (Å²) < 4.78 is 5.45. The maximum absolute atomic E-state index is 12.0. The number of pyridine rings is 1. The molecule has 8 nitrogen and oxygen atoms in total. The number of ether oxygens (including phenoxy) is 1. The van der Waals surface area contributed by atoms with Crippen LogP contribution in [-0.2, 0) is 6.54 Å². The highest BCUT2D eigenvalue weighted by atomic mass is 16.5. The van der Waals surface area contributed by atoms with Crippen molar-refractivity contribution in [3.8, 4) is 5.75 Å². The van der Waals surface area contributed by atoms with Crippen LogP contribution >= 0.6 is 0 Å². The number of nitrogens with zero attached hydrogens (tertiary/aromatic N) is 2. The minimum atomic E-state index is -0.592. The Bertz CT molecular complexity index is 953. The normalized spacial score (nSPS) is 10.7. The number of anilines is 3. The van der Waals surface area contributed by atoms with Gasteiger partial charge in [0, 0.05) is 18.3 Å². The first-order valence-electron chi connectivity index (χ1n) is 8.95. The average molecular weight is 380 g/mol. The Morgan fingerprint density at radius 2 is 2.14 bits per heavy atom. The van der Waals surface area contributed by atoms with Gasteiger partial charge in [0.2, 0.25) is 0 Å². The van der Waals surface area contributed by atoms with E-state index in [0.717, 1.165) is 11.3 Å². The number of hydrogen-bond acceptors (Lipinski definition) is 6. The van der Waals surface area contributed by atoms with Crippen molar-refractivity contribution in [2.45, 2.75) is 26.3 Å². The lowest BCUT2D eigenvalue weighted by molar-refractivity contribution is 0.100. The third-order valence-corrected chi connectivity index (χ3v) is 4.36. The number of benzene rings is 1. The van der Waals surface area contributed by atoms with E-state index in [1.807, 2.05) is 18.2 Å². The number of nitrogens with two attached hydrogens (primary N) is 1. The Morgan fingerprint density at radius 3 is 2.79 bits per heavy atom. The molecule has 0 saturated heterocycles. The number of carbonyl (C=O) groups is 1. The third kappa shape index (κ3) is 4.22. The maximum Gasteiger partial charge on any atom is 0.256 e. The second-order valence-electron chi connectivity index (χ2n) is 6.63. The molecule has 0 fully saturated rings. The van der Waals surface area contributed by atoms with Crippen LogP contribution in [0.4, 0.5) is 17.3 Å². The summed E-state index contributed by atoms with van der Waals surface area (Å²) in [5, 5.41) is 13.3.